The van der Waals surface area contributed by atoms with Gasteiger partial charge in [0, 0.05) is 30.9 Å². The largest absolute Gasteiger partial charge is 0.496 e. The molecule has 2 N–H and O–H groups in total. The first kappa shape index (κ1) is 14.8. The summed E-state index contributed by atoms with van der Waals surface area (Å²) in [6, 6.07) is 6.07. The molecule has 3 heteroatoms. The Labute approximate surface area is 111 Å². The van der Waals surface area contributed by atoms with Crippen molar-refractivity contribution in [3.63, 3.8) is 0 Å². The molecule has 0 unspecified atom stereocenters. The topological polar surface area (TPSA) is 38.5 Å². The number of methoxy groups -OCH3 is 1. The van der Waals surface area contributed by atoms with E-state index >= 15 is 0 Å². The first-order valence-electron chi connectivity index (χ1n) is 6.61. The second kappa shape index (κ2) is 6.64. The zero-order valence-corrected chi connectivity index (χ0v) is 12.2. The quantitative estimate of drug-likeness (QED) is 0.842. The Morgan fingerprint density at radius 3 is 2.44 bits per heavy atom. The van der Waals surface area contributed by atoms with Crippen LogP contribution in [0.2, 0.25) is 0 Å². The number of ether oxygens (including phenoxy) is 1. The minimum Gasteiger partial charge on any atom is -0.496 e. The molecule has 18 heavy (non-hydrogen) atoms. The number of benzene rings is 1. The van der Waals surface area contributed by atoms with Crippen LogP contribution >= 0.6 is 0 Å². The fraction of sp³-hybridized carbons (Fsp3) is 0.600. The van der Waals surface area contributed by atoms with Gasteiger partial charge in [0.15, 0.2) is 0 Å². The van der Waals surface area contributed by atoms with Gasteiger partial charge in [-0.15, -0.1) is 0 Å². The Bertz CT molecular complexity index is 375. The normalized spacial score (nSPS) is 12.6. The van der Waals surface area contributed by atoms with Crippen LogP contribution in [0.1, 0.15) is 38.8 Å². The predicted octanol–water partition coefficient (Wildman–Crippen LogP) is 3.20. The highest BCUT2D eigenvalue weighted by Crippen LogP contribution is 2.33. The maximum Gasteiger partial charge on any atom is 0.125 e. The second-order valence-corrected chi connectivity index (χ2v) is 5.29. The van der Waals surface area contributed by atoms with Crippen LogP contribution < -0.4 is 15.4 Å². The molecule has 1 aromatic rings. The van der Waals surface area contributed by atoms with Crippen LogP contribution in [0.15, 0.2) is 18.2 Å². The third kappa shape index (κ3) is 3.64. The molecule has 3 nitrogen and oxygen atoms in total. The summed E-state index contributed by atoms with van der Waals surface area (Å²) in [5.41, 5.74) is 8.34. The van der Waals surface area contributed by atoms with Crippen LogP contribution in [0.5, 0.6) is 5.75 Å². The highest BCUT2D eigenvalue weighted by molar-refractivity contribution is 5.60. The predicted molar refractivity (Wildman–Crippen MR) is 78.3 cm³/mol. The van der Waals surface area contributed by atoms with Gasteiger partial charge in [-0.05, 0) is 31.4 Å². The summed E-state index contributed by atoms with van der Waals surface area (Å²) in [6.07, 6.45) is 1.17. The number of hydrogen-bond acceptors (Lipinski definition) is 3. The summed E-state index contributed by atoms with van der Waals surface area (Å²) in [7, 11) is 3.81. The van der Waals surface area contributed by atoms with Crippen LogP contribution in [0.3, 0.4) is 0 Å². The summed E-state index contributed by atoms with van der Waals surface area (Å²) < 4.78 is 5.42. The van der Waals surface area contributed by atoms with Crippen molar-refractivity contribution in [3.05, 3.63) is 23.8 Å². The van der Waals surface area contributed by atoms with Gasteiger partial charge in [0.2, 0.25) is 0 Å². The van der Waals surface area contributed by atoms with Crippen molar-refractivity contribution < 1.29 is 4.74 Å². The van der Waals surface area contributed by atoms with E-state index in [9.17, 15) is 0 Å². The number of nitrogens with two attached hydrogens (primary N) is 1. The van der Waals surface area contributed by atoms with E-state index in [2.05, 4.69) is 31.9 Å². The van der Waals surface area contributed by atoms with E-state index in [0.717, 1.165) is 17.9 Å². The van der Waals surface area contributed by atoms with Gasteiger partial charge < -0.3 is 15.4 Å². The van der Waals surface area contributed by atoms with Crippen molar-refractivity contribution >= 4 is 5.69 Å². The molecule has 0 aromatic heterocycles. The molecule has 102 valence electrons. The lowest BCUT2D eigenvalue weighted by Gasteiger charge is -2.26. The minimum absolute atomic E-state index is 0.0300. The van der Waals surface area contributed by atoms with E-state index in [4.69, 9.17) is 10.5 Å². The van der Waals surface area contributed by atoms with Gasteiger partial charge in [0.25, 0.3) is 0 Å². The third-order valence-corrected chi connectivity index (χ3v) is 3.17. The lowest BCUT2D eigenvalue weighted by atomic mass is 10.0. The molecular weight excluding hydrogens is 224 g/mol. The van der Waals surface area contributed by atoms with Gasteiger partial charge in [-0.25, -0.2) is 0 Å². The second-order valence-electron chi connectivity index (χ2n) is 5.29. The fourth-order valence-electron chi connectivity index (χ4n) is 2.07. The monoisotopic (exact) mass is 250 g/mol. The standard InChI is InChI=1S/C15H26N2O/c1-11(2)9-10-17(4)13-7-6-8-14(18-5)15(13)12(3)16/h6-8,11-12H,9-10,16H2,1-5H3/t12-/m0/s1. The van der Waals surface area contributed by atoms with Crippen LogP contribution in [-0.4, -0.2) is 20.7 Å². The number of hydrogen-bond donors (Lipinski definition) is 1. The van der Waals surface area contributed by atoms with E-state index in [1.807, 2.05) is 19.1 Å². The molecule has 1 atom stereocenters. The Hall–Kier alpha value is -1.22. The highest BCUT2D eigenvalue weighted by atomic mass is 16.5. The molecular formula is C15H26N2O. The summed E-state index contributed by atoms with van der Waals surface area (Å²) in [5.74, 6) is 1.58. The SMILES string of the molecule is COc1cccc(N(C)CCC(C)C)c1[C@H](C)N. The van der Waals surface area contributed by atoms with Crippen molar-refractivity contribution in [2.45, 2.75) is 33.2 Å². The van der Waals surface area contributed by atoms with Crippen molar-refractivity contribution in [2.24, 2.45) is 11.7 Å². The Morgan fingerprint density at radius 1 is 1.28 bits per heavy atom. The number of rotatable bonds is 6. The molecule has 1 aromatic carbocycles. The number of nitrogens with zero attached hydrogens (tertiary/aromatic N) is 1. The molecule has 0 aliphatic rings. The molecule has 0 amide bonds. The van der Waals surface area contributed by atoms with Gasteiger partial charge in [-0.2, -0.15) is 0 Å². The van der Waals surface area contributed by atoms with Gasteiger partial charge in [-0.1, -0.05) is 19.9 Å². The first-order valence-corrected chi connectivity index (χ1v) is 6.61. The van der Waals surface area contributed by atoms with Gasteiger partial charge >= 0.3 is 0 Å². The third-order valence-electron chi connectivity index (χ3n) is 3.17. The molecule has 0 fully saturated rings. The molecule has 0 radical (unpaired) electrons. The zero-order chi connectivity index (χ0) is 13.7. The summed E-state index contributed by atoms with van der Waals surface area (Å²) in [6.45, 7) is 7.51. The minimum atomic E-state index is -0.0300. The van der Waals surface area contributed by atoms with Gasteiger partial charge in [0.1, 0.15) is 5.75 Å². The molecule has 0 bridgehead atoms. The van der Waals surface area contributed by atoms with Crippen molar-refractivity contribution in [3.8, 4) is 5.75 Å². The fourth-order valence-corrected chi connectivity index (χ4v) is 2.07. The lowest BCUT2D eigenvalue weighted by molar-refractivity contribution is 0.407. The van der Waals surface area contributed by atoms with Crippen molar-refractivity contribution in [1.82, 2.24) is 0 Å². The van der Waals surface area contributed by atoms with E-state index in [0.29, 0.717) is 5.92 Å². The smallest absolute Gasteiger partial charge is 0.125 e. The molecule has 1 rings (SSSR count). The lowest BCUT2D eigenvalue weighted by Crippen LogP contribution is -2.23. The van der Waals surface area contributed by atoms with Crippen LogP contribution in [0, 0.1) is 5.92 Å². The number of anilines is 1. The molecule has 0 saturated carbocycles. The van der Waals surface area contributed by atoms with E-state index < -0.39 is 0 Å². The Balaban J connectivity index is 2.99. The summed E-state index contributed by atoms with van der Waals surface area (Å²) in [4.78, 5) is 2.27. The van der Waals surface area contributed by atoms with Crippen LogP contribution in [0.25, 0.3) is 0 Å². The molecule has 0 aliphatic carbocycles. The van der Waals surface area contributed by atoms with E-state index in [-0.39, 0.29) is 6.04 Å². The molecule has 0 aliphatic heterocycles. The van der Waals surface area contributed by atoms with Crippen molar-refractivity contribution in [1.29, 1.82) is 0 Å². The molecule has 0 saturated heterocycles. The van der Waals surface area contributed by atoms with Crippen molar-refractivity contribution in [2.75, 3.05) is 25.6 Å². The van der Waals surface area contributed by atoms with E-state index in [1.165, 1.54) is 12.1 Å². The average molecular weight is 250 g/mol. The Morgan fingerprint density at radius 2 is 1.94 bits per heavy atom. The zero-order valence-electron chi connectivity index (χ0n) is 12.2. The maximum atomic E-state index is 6.08. The van der Waals surface area contributed by atoms with Crippen LogP contribution in [0.4, 0.5) is 5.69 Å². The first-order chi connectivity index (χ1) is 8.47. The molecule has 0 spiro atoms. The Kier molecular flexibility index (Phi) is 5.48. The maximum absolute atomic E-state index is 6.08. The van der Waals surface area contributed by atoms with Gasteiger partial charge in [-0.3, -0.25) is 0 Å². The molecule has 0 heterocycles. The summed E-state index contributed by atoms with van der Waals surface area (Å²) in [5, 5.41) is 0. The summed E-state index contributed by atoms with van der Waals surface area (Å²) >= 11 is 0. The van der Waals surface area contributed by atoms with Gasteiger partial charge in [0.05, 0.1) is 7.11 Å². The average Bonchev–Trinajstić information content (AvgIpc) is 2.34. The van der Waals surface area contributed by atoms with Crippen LogP contribution in [-0.2, 0) is 0 Å². The highest BCUT2D eigenvalue weighted by Gasteiger charge is 2.15. The van der Waals surface area contributed by atoms with E-state index in [1.54, 1.807) is 7.11 Å².